The summed E-state index contributed by atoms with van der Waals surface area (Å²) in [5.74, 6) is 0.661. The zero-order chi connectivity index (χ0) is 13.7. The van der Waals surface area contributed by atoms with Gasteiger partial charge in [0.2, 0.25) is 5.91 Å². The molecule has 6 nitrogen and oxygen atoms in total. The summed E-state index contributed by atoms with van der Waals surface area (Å²) < 4.78 is 5.06. The first-order valence-electron chi connectivity index (χ1n) is 5.66. The van der Waals surface area contributed by atoms with E-state index in [0.29, 0.717) is 5.16 Å². The van der Waals surface area contributed by atoms with Crippen molar-refractivity contribution in [3.05, 3.63) is 30.6 Å². The molecule has 1 aromatic heterocycles. The number of benzene rings is 1. The number of carbonyl (C=O) groups is 1. The van der Waals surface area contributed by atoms with Crippen LogP contribution in [0.4, 0.5) is 5.69 Å². The number of rotatable bonds is 5. The van der Waals surface area contributed by atoms with Crippen LogP contribution >= 0.6 is 11.8 Å². The van der Waals surface area contributed by atoms with Crippen LogP contribution in [0.5, 0.6) is 5.75 Å². The van der Waals surface area contributed by atoms with Crippen molar-refractivity contribution in [2.75, 3.05) is 12.4 Å². The van der Waals surface area contributed by atoms with E-state index in [9.17, 15) is 4.79 Å². The van der Waals surface area contributed by atoms with Gasteiger partial charge < -0.3 is 10.1 Å². The van der Waals surface area contributed by atoms with Crippen LogP contribution in [0.25, 0.3) is 0 Å². The van der Waals surface area contributed by atoms with Crippen LogP contribution in [0.15, 0.2) is 35.7 Å². The van der Waals surface area contributed by atoms with Gasteiger partial charge in [-0.25, -0.2) is 4.98 Å². The Morgan fingerprint density at radius 2 is 2.16 bits per heavy atom. The largest absolute Gasteiger partial charge is 0.497 e. The van der Waals surface area contributed by atoms with Crippen molar-refractivity contribution in [2.45, 2.75) is 17.3 Å². The Morgan fingerprint density at radius 3 is 2.74 bits per heavy atom. The number of anilines is 1. The van der Waals surface area contributed by atoms with Crippen LogP contribution in [0.1, 0.15) is 6.92 Å². The fourth-order valence-corrected chi connectivity index (χ4v) is 2.10. The molecule has 1 atom stereocenters. The molecule has 1 aromatic carbocycles. The molecule has 0 saturated heterocycles. The molecule has 7 heteroatoms. The predicted molar refractivity (Wildman–Crippen MR) is 73.3 cm³/mol. The van der Waals surface area contributed by atoms with Crippen LogP contribution in [0.2, 0.25) is 0 Å². The smallest absolute Gasteiger partial charge is 0.237 e. The number of carbonyl (C=O) groups excluding carboxylic acids is 1. The van der Waals surface area contributed by atoms with Gasteiger partial charge in [-0.1, -0.05) is 11.8 Å². The van der Waals surface area contributed by atoms with Gasteiger partial charge in [0.25, 0.3) is 0 Å². The van der Waals surface area contributed by atoms with E-state index in [0.717, 1.165) is 11.4 Å². The van der Waals surface area contributed by atoms with Gasteiger partial charge in [0.15, 0.2) is 5.16 Å². The molecule has 1 amide bonds. The van der Waals surface area contributed by atoms with Crippen LogP contribution in [-0.2, 0) is 4.79 Å². The first-order valence-corrected chi connectivity index (χ1v) is 6.54. The van der Waals surface area contributed by atoms with Gasteiger partial charge in [0, 0.05) is 5.69 Å². The van der Waals surface area contributed by atoms with Gasteiger partial charge in [-0.15, -0.1) is 0 Å². The maximum Gasteiger partial charge on any atom is 0.237 e. The third-order valence-electron chi connectivity index (χ3n) is 2.41. The summed E-state index contributed by atoms with van der Waals surface area (Å²) in [7, 11) is 1.60. The van der Waals surface area contributed by atoms with Gasteiger partial charge in [-0.05, 0) is 31.2 Å². The molecule has 0 radical (unpaired) electrons. The number of H-pyrrole nitrogens is 1. The van der Waals surface area contributed by atoms with E-state index in [1.807, 2.05) is 6.92 Å². The molecule has 1 unspecified atom stereocenters. The zero-order valence-electron chi connectivity index (χ0n) is 10.6. The molecule has 0 aliphatic rings. The average molecular weight is 278 g/mol. The quantitative estimate of drug-likeness (QED) is 0.817. The fraction of sp³-hybridized carbons (Fsp3) is 0.250. The summed E-state index contributed by atoms with van der Waals surface area (Å²) in [5.41, 5.74) is 0.732. The number of nitrogens with one attached hydrogen (secondary N) is 2. The molecule has 0 saturated carbocycles. The molecule has 0 fully saturated rings. The lowest BCUT2D eigenvalue weighted by molar-refractivity contribution is -0.115. The predicted octanol–water partition coefficient (Wildman–Crippen LogP) is 1.93. The molecule has 0 bridgehead atoms. The Bertz CT molecular complexity index is 527. The van der Waals surface area contributed by atoms with Crippen molar-refractivity contribution < 1.29 is 9.53 Å². The molecule has 2 N–H and O–H groups in total. The van der Waals surface area contributed by atoms with Crippen molar-refractivity contribution in [1.82, 2.24) is 15.2 Å². The second-order valence-corrected chi connectivity index (χ2v) is 5.10. The Morgan fingerprint density at radius 1 is 1.42 bits per heavy atom. The molecular formula is C12H14N4O2S. The normalized spacial score (nSPS) is 11.9. The third-order valence-corrected chi connectivity index (χ3v) is 3.40. The first-order chi connectivity index (χ1) is 9.19. The minimum Gasteiger partial charge on any atom is -0.497 e. The average Bonchev–Trinajstić information content (AvgIpc) is 2.92. The number of hydrogen-bond donors (Lipinski definition) is 2. The standard InChI is InChI=1S/C12H14N4O2S/c1-8(19-12-13-7-14-16-12)11(17)15-9-3-5-10(18-2)6-4-9/h3-8H,1-2H3,(H,15,17)(H,13,14,16). The van der Waals surface area contributed by atoms with Crippen LogP contribution in [-0.4, -0.2) is 33.4 Å². The van der Waals surface area contributed by atoms with Crippen LogP contribution in [0, 0.1) is 0 Å². The van der Waals surface area contributed by atoms with E-state index < -0.39 is 0 Å². The number of methoxy groups -OCH3 is 1. The Labute approximate surface area is 115 Å². The highest BCUT2D eigenvalue weighted by molar-refractivity contribution is 8.00. The first kappa shape index (κ1) is 13.4. The molecule has 0 aliphatic carbocycles. The SMILES string of the molecule is COc1ccc(NC(=O)C(C)Sc2ncn[nH]2)cc1. The number of thioether (sulfide) groups is 1. The van der Waals surface area contributed by atoms with Gasteiger partial charge in [-0.3, -0.25) is 9.89 Å². The highest BCUT2D eigenvalue weighted by atomic mass is 32.2. The van der Waals surface area contributed by atoms with Gasteiger partial charge >= 0.3 is 0 Å². The Kier molecular flexibility index (Phi) is 4.40. The monoisotopic (exact) mass is 278 g/mol. The maximum absolute atomic E-state index is 12.0. The molecule has 0 spiro atoms. The number of amides is 1. The van der Waals surface area contributed by atoms with E-state index in [-0.39, 0.29) is 11.2 Å². The van der Waals surface area contributed by atoms with E-state index in [1.165, 1.54) is 18.1 Å². The molecule has 0 aliphatic heterocycles. The van der Waals surface area contributed by atoms with Crippen molar-refractivity contribution in [2.24, 2.45) is 0 Å². The summed E-state index contributed by atoms with van der Waals surface area (Å²) >= 11 is 1.32. The topological polar surface area (TPSA) is 79.9 Å². The summed E-state index contributed by atoms with van der Waals surface area (Å²) in [6, 6.07) is 7.18. The minimum atomic E-state index is -0.268. The summed E-state index contributed by atoms with van der Waals surface area (Å²) in [6.45, 7) is 1.81. The molecular weight excluding hydrogens is 264 g/mol. The third kappa shape index (κ3) is 3.72. The molecule has 100 valence electrons. The summed E-state index contributed by atoms with van der Waals surface area (Å²) in [6.07, 6.45) is 1.41. The molecule has 19 heavy (non-hydrogen) atoms. The molecule has 2 aromatic rings. The van der Waals surface area contributed by atoms with Gasteiger partial charge in [0.1, 0.15) is 12.1 Å². The fourth-order valence-electron chi connectivity index (χ4n) is 1.39. The second-order valence-electron chi connectivity index (χ2n) is 3.77. The van der Waals surface area contributed by atoms with E-state index >= 15 is 0 Å². The molecule has 1 heterocycles. The van der Waals surface area contributed by atoms with E-state index in [4.69, 9.17) is 4.74 Å². The summed E-state index contributed by atoms with van der Waals surface area (Å²) in [4.78, 5) is 15.9. The minimum absolute atomic E-state index is 0.0911. The van der Waals surface area contributed by atoms with Crippen molar-refractivity contribution in [3.8, 4) is 5.75 Å². The van der Waals surface area contributed by atoms with Crippen LogP contribution in [0.3, 0.4) is 0 Å². The lowest BCUT2D eigenvalue weighted by atomic mass is 10.3. The van der Waals surface area contributed by atoms with Gasteiger partial charge in [-0.2, -0.15) is 5.10 Å². The number of ether oxygens (including phenoxy) is 1. The highest BCUT2D eigenvalue weighted by Crippen LogP contribution is 2.20. The lowest BCUT2D eigenvalue weighted by Gasteiger charge is -2.10. The lowest BCUT2D eigenvalue weighted by Crippen LogP contribution is -2.22. The molecule has 2 rings (SSSR count). The van der Waals surface area contributed by atoms with Gasteiger partial charge in [0.05, 0.1) is 12.4 Å². The number of aromatic nitrogens is 3. The zero-order valence-corrected chi connectivity index (χ0v) is 11.4. The van der Waals surface area contributed by atoms with Crippen molar-refractivity contribution in [1.29, 1.82) is 0 Å². The van der Waals surface area contributed by atoms with Crippen molar-refractivity contribution in [3.63, 3.8) is 0 Å². The van der Waals surface area contributed by atoms with Crippen molar-refractivity contribution >= 4 is 23.4 Å². The number of aromatic amines is 1. The summed E-state index contributed by atoms with van der Waals surface area (Å²) in [5, 5.41) is 9.62. The Hall–Kier alpha value is -2.02. The maximum atomic E-state index is 12.0. The van der Waals surface area contributed by atoms with E-state index in [1.54, 1.807) is 31.4 Å². The van der Waals surface area contributed by atoms with Crippen LogP contribution < -0.4 is 10.1 Å². The second kappa shape index (κ2) is 6.24. The number of nitrogens with zero attached hydrogens (tertiary/aromatic N) is 2. The Balaban J connectivity index is 1.92. The highest BCUT2D eigenvalue weighted by Gasteiger charge is 2.15. The number of hydrogen-bond acceptors (Lipinski definition) is 5. The van der Waals surface area contributed by atoms with E-state index in [2.05, 4.69) is 20.5 Å².